The molecule has 176 valence electrons. The molecule has 0 bridgehead atoms. The van der Waals surface area contributed by atoms with Gasteiger partial charge in [-0.1, -0.05) is 13.8 Å². The lowest BCUT2D eigenvalue weighted by atomic mass is 10.0. The summed E-state index contributed by atoms with van der Waals surface area (Å²) in [7, 11) is 3.29. The summed E-state index contributed by atoms with van der Waals surface area (Å²) in [5.74, 6) is -1.59. The number of hydrogen-bond donors (Lipinski definition) is 3. The summed E-state index contributed by atoms with van der Waals surface area (Å²) in [5.41, 5.74) is 2.77. The maximum absolute atomic E-state index is 13.3. The van der Waals surface area contributed by atoms with Crippen molar-refractivity contribution in [1.82, 2.24) is 25.2 Å². The standard InChI is InChI=1S/C22H25F3N6O2/c1-12(2)18(20(32)30-22(24,25)11-23)29-15-5-13(7-26-9-15)17-10-28-19-16(17)6-14(8-27-19)21(33)31(3)4/h5-10,12,18,29H,11H2,1-4H3,(H,27,28)(H,30,32). The lowest BCUT2D eigenvalue weighted by Gasteiger charge is -2.25. The summed E-state index contributed by atoms with van der Waals surface area (Å²) in [6.45, 7) is 1.36. The van der Waals surface area contributed by atoms with Gasteiger partial charge in [0.25, 0.3) is 5.91 Å². The SMILES string of the molecule is CC(C)C(Nc1cncc(-c2c[nH]c3ncc(C(=O)N(C)C)cc23)c1)C(=O)NC(F)(F)CF. The monoisotopic (exact) mass is 462 g/mol. The van der Waals surface area contributed by atoms with E-state index in [1.54, 1.807) is 52.5 Å². The maximum atomic E-state index is 13.3. The van der Waals surface area contributed by atoms with Crippen molar-refractivity contribution in [3.63, 3.8) is 0 Å². The van der Waals surface area contributed by atoms with Crippen LogP contribution in [0.3, 0.4) is 0 Å². The largest absolute Gasteiger partial charge is 0.372 e. The van der Waals surface area contributed by atoms with E-state index in [0.29, 0.717) is 27.8 Å². The fraction of sp³-hybridized carbons (Fsp3) is 0.364. The number of halogens is 3. The quantitative estimate of drug-likeness (QED) is 0.445. The number of carbonyl (C=O) groups excluding carboxylic acids is 2. The van der Waals surface area contributed by atoms with E-state index in [-0.39, 0.29) is 11.8 Å². The molecule has 0 fully saturated rings. The summed E-state index contributed by atoms with van der Waals surface area (Å²) in [6.07, 6.45) is 6.25. The summed E-state index contributed by atoms with van der Waals surface area (Å²) in [6, 6.07) is -1.56. The Balaban J connectivity index is 1.91. The summed E-state index contributed by atoms with van der Waals surface area (Å²) >= 11 is 0. The van der Waals surface area contributed by atoms with Crippen molar-refractivity contribution in [2.24, 2.45) is 5.92 Å². The molecule has 0 saturated heterocycles. The van der Waals surface area contributed by atoms with Crippen LogP contribution in [-0.4, -0.2) is 64.5 Å². The minimum atomic E-state index is -3.94. The molecule has 3 aromatic heterocycles. The Morgan fingerprint density at radius 3 is 2.55 bits per heavy atom. The molecule has 1 unspecified atom stereocenters. The van der Waals surface area contributed by atoms with Gasteiger partial charge >= 0.3 is 6.05 Å². The van der Waals surface area contributed by atoms with E-state index in [1.165, 1.54) is 22.6 Å². The van der Waals surface area contributed by atoms with Crippen LogP contribution < -0.4 is 10.6 Å². The fourth-order valence-corrected chi connectivity index (χ4v) is 3.29. The number of nitrogens with zero attached hydrogens (tertiary/aromatic N) is 3. The number of amides is 2. The fourth-order valence-electron chi connectivity index (χ4n) is 3.29. The van der Waals surface area contributed by atoms with Gasteiger partial charge in [-0.05, 0) is 18.1 Å². The lowest BCUT2D eigenvalue weighted by Crippen LogP contribution is -2.51. The zero-order valence-electron chi connectivity index (χ0n) is 18.6. The van der Waals surface area contributed by atoms with Crippen LogP contribution in [-0.2, 0) is 4.79 Å². The first-order valence-corrected chi connectivity index (χ1v) is 10.2. The maximum Gasteiger partial charge on any atom is 0.353 e. The Bertz CT molecular complexity index is 1160. The summed E-state index contributed by atoms with van der Waals surface area (Å²) in [5, 5.41) is 5.02. The highest BCUT2D eigenvalue weighted by atomic mass is 19.3. The van der Waals surface area contributed by atoms with Crippen LogP contribution in [0.5, 0.6) is 0 Å². The highest BCUT2D eigenvalue weighted by Crippen LogP contribution is 2.30. The van der Waals surface area contributed by atoms with Crippen molar-refractivity contribution in [3.05, 3.63) is 42.5 Å². The van der Waals surface area contributed by atoms with Gasteiger partial charge in [-0.3, -0.25) is 19.9 Å². The molecule has 33 heavy (non-hydrogen) atoms. The lowest BCUT2D eigenvalue weighted by molar-refractivity contribution is -0.136. The van der Waals surface area contributed by atoms with Gasteiger partial charge in [0.2, 0.25) is 5.91 Å². The zero-order valence-corrected chi connectivity index (χ0v) is 18.6. The molecular formula is C22H25F3N6O2. The average Bonchev–Trinajstić information content (AvgIpc) is 3.19. The van der Waals surface area contributed by atoms with Gasteiger partial charge in [0.05, 0.1) is 11.3 Å². The van der Waals surface area contributed by atoms with Gasteiger partial charge in [0.15, 0.2) is 6.67 Å². The molecule has 2 amide bonds. The molecule has 0 aliphatic rings. The van der Waals surface area contributed by atoms with Gasteiger partial charge < -0.3 is 15.2 Å². The molecule has 0 aliphatic carbocycles. The first kappa shape index (κ1) is 24.0. The van der Waals surface area contributed by atoms with Crippen molar-refractivity contribution in [1.29, 1.82) is 0 Å². The highest BCUT2D eigenvalue weighted by molar-refractivity contribution is 6.01. The highest BCUT2D eigenvalue weighted by Gasteiger charge is 2.35. The van der Waals surface area contributed by atoms with Gasteiger partial charge in [-0.25, -0.2) is 9.37 Å². The normalized spacial score (nSPS) is 12.6. The van der Waals surface area contributed by atoms with E-state index >= 15 is 0 Å². The van der Waals surface area contributed by atoms with E-state index < -0.39 is 24.7 Å². The van der Waals surface area contributed by atoms with E-state index in [0.717, 1.165) is 5.56 Å². The second kappa shape index (κ2) is 9.47. The molecule has 0 saturated carbocycles. The van der Waals surface area contributed by atoms with Gasteiger partial charge in [0, 0.05) is 55.4 Å². The predicted octanol–water partition coefficient (Wildman–Crippen LogP) is 3.44. The van der Waals surface area contributed by atoms with Crippen molar-refractivity contribution < 1.29 is 22.8 Å². The molecule has 0 aromatic carbocycles. The zero-order chi connectivity index (χ0) is 24.3. The van der Waals surface area contributed by atoms with Crippen molar-refractivity contribution >= 4 is 28.5 Å². The van der Waals surface area contributed by atoms with Crippen LogP contribution in [0.2, 0.25) is 0 Å². The molecule has 3 rings (SSSR count). The third-order valence-electron chi connectivity index (χ3n) is 4.98. The third-order valence-corrected chi connectivity index (χ3v) is 4.98. The Hall–Kier alpha value is -3.63. The van der Waals surface area contributed by atoms with Crippen molar-refractivity contribution in [2.75, 3.05) is 26.1 Å². The van der Waals surface area contributed by atoms with Crippen LogP contribution in [0.1, 0.15) is 24.2 Å². The molecule has 8 nitrogen and oxygen atoms in total. The molecule has 3 N–H and O–H groups in total. The first-order chi connectivity index (χ1) is 15.5. The van der Waals surface area contributed by atoms with E-state index in [1.807, 2.05) is 0 Å². The van der Waals surface area contributed by atoms with E-state index in [4.69, 9.17) is 0 Å². The molecule has 0 spiro atoms. The molecule has 0 radical (unpaired) electrons. The Kier molecular flexibility index (Phi) is 6.89. The van der Waals surface area contributed by atoms with Gasteiger partial charge in [-0.15, -0.1) is 0 Å². The number of alkyl halides is 3. The van der Waals surface area contributed by atoms with Crippen LogP contribution >= 0.6 is 0 Å². The number of H-pyrrole nitrogens is 1. The third kappa shape index (κ3) is 5.41. The average molecular weight is 462 g/mol. The number of hydrogen-bond acceptors (Lipinski definition) is 5. The first-order valence-electron chi connectivity index (χ1n) is 10.2. The van der Waals surface area contributed by atoms with Gasteiger partial charge in [0.1, 0.15) is 11.7 Å². The topological polar surface area (TPSA) is 103 Å². The van der Waals surface area contributed by atoms with Crippen LogP contribution in [0.15, 0.2) is 36.9 Å². The Labute approximate surface area is 188 Å². The molecule has 11 heteroatoms. The van der Waals surface area contributed by atoms with Crippen LogP contribution in [0, 0.1) is 5.92 Å². The van der Waals surface area contributed by atoms with Gasteiger partial charge in [-0.2, -0.15) is 8.78 Å². The van der Waals surface area contributed by atoms with E-state index in [2.05, 4.69) is 20.3 Å². The number of anilines is 1. The number of carbonyl (C=O) groups is 2. The number of nitrogens with one attached hydrogen (secondary N) is 3. The van der Waals surface area contributed by atoms with E-state index in [9.17, 15) is 22.8 Å². The molecule has 3 aromatic rings. The van der Waals surface area contributed by atoms with Crippen LogP contribution in [0.4, 0.5) is 18.9 Å². The predicted molar refractivity (Wildman–Crippen MR) is 119 cm³/mol. The summed E-state index contributed by atoms with van der Waals surface area (Å²) < 4.78 is 39.1. The minimum absolute atomic E-state index is 0.194. The number of rotatable bonds is 8. The number of pyridine rings is 2. The number of aromatic nitrogens is 3. The van der Waals surface area contributed by atoms with Crippen LogP contribution in [0.25, 0.3) is 22.2 Å². The number of aromatic amines is 1. The Morgan fingerprint density at radius 2 is 1.91 bits per heavy atom. The van der Waals surface area contributed by atoms with Crippen molar-refractivity contribution in [2.45, 2.75) is 25.9 Å². The number of fused-ring (bicyclic) bond motifs is 1. The second-order valence-corrected chi connectivity index (χ2v) is 8.18. The smallest absolute Gasteiger partial charge is 0.353 e. The molecular weight excluding hydrogens is 437 g/mol. The second-order valence-electron chi connectivity index (χ2n) is 8.18. The Morgan fingerprint density at radius 1 is 1.18 bits per heavy atom. The summed E-state index contributed by atoms with van der Waals surface area (Å²) in [4.78, 5) is 37.6. The molecule has 0 aliphatic heterocycles. The molecule has 3 heterocycles. The van der Waals surface area contributed by atoms with Crippen molar-refractivity contribution in [3.8, 4) is 11.1 Å². The minimum Gasteiger partial charge on any atom is -0.372 e. The molecule has 1 atom stereocenters.